The van der Waals surface area contributed by atoms with Crippen molar-refractivity contribution in [2.24, 2.45) is 7.05 Å². The number of nitrogens with zero attached hydrogens (tertiary/aromatic N) is 3. The molecule has 0 unspecified atom stereocenters. The molecule has 1 amide bonds. The Labute approximate surface area is 156 Å². The lowest BCUT2D eigenvalue weighted by Gasteiger charge is -2.15. The lowest BCUT2D eigenvalue weighted by Crippen LogP contribution is -2.30. The Balaban J connectivity index is 1.64. The van der Waals surface area contributed by atoms with Crippen LogP contribution in [-0.4, -0.2) is 26.8 Å². The molecule has 1 N–H and O–H groups in total. The van der Waals surface area contributed by atoms with Crippen molar-refractivity contribution >= 4 is 22.4 Å². The molecule has 0 fully saturated rings. The van der Waals surface area contributed by atoms with Gasteiger partial charge in [0.2, 0.25) is 0 Å². The Morgan fingerprint density at radius 3 is 2.81 bits per heavy atom. The van der Waals surface area contributed by atoms with Gasteiger partial charge in [-0.05, 0) is 25.1 Å². The zero-order valence-electron chi connectivity index (χ0n) is 14.3. The number of hydrogen-bond acceptors (Lipinski definition) is 5. The first-order valence-electron chi connectivity index (χ1n) is 7.81. The second-order valence-electron chi connectivity index (χ2n) is 5.72. The predicted octanol–water partition coefficient (Wildman–Crippen LogP) is 3.97. The normalized spacial score (nSPS) is 12.6. The summed E-state index contributed by atoms with van der Waals surface area (Å²) in [5, 5.41) is 8.78. The lowest BCUT2D eigenvalue weighted by molar-refractivity contribution is -0.137. The molecule has 10 heteroatoms. The Morgan fingerprint density at radius 2 is 2.15 bits per heavy atom. The maximum Gasteiger partial charge on any atom is 0.416 e. The molecule has 0 saturated carbocycles. The Hall–Kier alpha value is -2.88. The SMILES string of the molecule is C[C@H](Oc1cccc(C(F)(F)F)c1)C(=O)Nc1nc(-c2cnn(C)c2)cs1. The van der Waals surface area contributed by atoms with Crippen molar-refractivity contribution in [2.75, 3.05) is 5.32 Å². The first kappa shape index (κ1) is 18.9. The van der Waals surface area contributed by atoms with Gasteiger partial charge >= 0.3 is 6.18 Å². The van der Waals surface area contributed by atoms with Crippen LogP contribution in [0.4, 0.5) is 18.3 Å². The van der Waals surface area contributed by atoms with E-state index in [9.17, 15) is 18.0 Å². The first-order valence-corrected chi connectivity index (χ1v) is 8.69. The molecule has 142 valence electrons. The Kier molecular flexibility index (Phi) is 5.17. The first-order chi connectivity index (χ1) is 12.7. The van der Waals surface area contributed by atoms with E-state index in [0.717, 1.165) is 17.7 Å². The number of thiazole rings is 1. The third-order valence-electron chi connectivity index (χ3n) is 3.58. The van der Waals surface area contributed by atoms with Crippen molar-refractivity contribution in [2.45, 2.75) is 19.2 Å². The van der Waals surface area contributed by atoms with Crippen LogP contribution < -0.4 is 10.1 Å². The van der Waals surface area contributed by atoms with Crippen molar-refractivity contribution in [3.63, 3.8) is 0 Å². The van der Waals surface area contributed by atoms with Gasteiger partial charge in [-0.15, -0.1) is 11.3 Å². The summed E-state index contributed by atoms with van der Waals surface area (Å²) in [4.78, 5) is 16.5. The fourth-order valence-corrected chi connectivity index (χ4v) is 2.95. The van der Waals surface area contributed by atoms with Gasteiger partial charge < -0.3 is 4.74 Å². The van der Waals surface area contributed by atoms with Crippen molar-refractivity contribution in [1.29, 1.82) is 0 Å². The van der Waals surface area contributed by atoms with Crippen LogP contribution in [0.25, 0.3) is 11.3 Å². The maximum atomic E-state index is 12.7. The van der Waals surface area contributed by atoms with Crippen LogP contribution in [0, 0.1) is 0 Å². The lowest BCUT2D eigenvalue weighted by atomic mass is 10.2. The summed E-state index contributed by atoms with van der Waals surface area (Å²) in [5.41, 5.74) is 0.631. The topological polar surface area (TPSA) is 69.0 Å². The number of carbonyl (C=O) groups excluding carboxylic acids is 1. The number of benzene rings is 1. The van der Waals surface area contributed by atoms with Crippen molar-refractivity contribution in [3.05, 3.63) is 47.6 Å². The molecule has 0 bridgehead atoms. The molecule has 0 aliphatic heterocycles. The number of ether oxygens (including phenoxy) is 1. The third kappa shape index (κ3) is 4.64. The molecule has 2 aromatic heterocycles. The molecule has 0 aliphatic carbocycles. The number of halogens is 3. The molecule has 6 nitrogen and oxygen atoms in total. The molecule has 3 rings (SSSR count). The number of alkyl halides is 3. The van der Waals surface area contributed by atoms with E-state index in [-0.39, 0.29) is 5.75 Å². The number of amides is 1. The van der Waals surface area contributed by atoms with Gasteiger partial charge in [0.1, 0.15) is 5.75 Å². The van der Waals surface area contributed by atoms with E-state index < -0.39 is 23.8 Å². The maximum absolute atomic E-state index is 12.7. The largest absolute Gasteiger partial charge is 0.481 e. The van der Waals surface area contributed by atoms with Crippen LogP contribution in [0.3, 0.4) is 0 Å². The molecular weight excluding hydrogens is 381 g/mol. The molecular formula is C17H15F3N4O2S. The monoisotopic (exact) mass is 396 g/mol. The van der Waals surface area contributed by atoms with Crippen LogP contribution in [0.1, 0.15) is 12.5 Å². The number of rotatable bonds is 5. The molecule has 1 atom stereocenters. The summed E-state index contributed by atoms with van der Waals surface area (Å²) in [5.74, 6) is -0.554. The van der Waals surface area contributed by atoms with Gasteiger partial charge in [-0.3, -0.25) is 14.8 Å². The van der Waals surface area contributed by atoms with Crippen LogP contribution in [-0.2, 0) is 18.0 Å². The number of carbonyl (C=O) groups is 1. The van der Waals surface area contributed by atoms with Crippen LogP contribution in [0.2, 0.25) is 0 Å². The van der Waals surface area contributed by atoms with E-state index in [2.05, 4.69) is 15.4 Å². The Morgan fingerprint density at radius 1 is 1.37 bits per heavy atom. The average Bonchev–Trinajstić information content (AvgIpc) is 3.23. The second-order valence-corrected chi connectivity index (χ2v) is 6.57. The van der Waals surface area contributed by atoms with Gasteiger partial charge in [0, 0.05) is 24.2 Å². The summed E-state index contributed by atoms with van der Waals surface area (Å²) in [6.07, 6.45) is -2.03. The van der Waals surface area contributed by atoms with Crippen molar-refractivity contribution in [3.8, 4) is 17.0 Å². The van der Waals surface area contributed by atoms with Gasteiger partial charge in [0.05, 0.1) is 17.5 Å². The van der Waals surface area contributed by atoms with E-state index in [4.69, 9.17) is 4.74 Å². The standard InChI is InChI=1S/C17H15F3N4O2S/c1-10(26-13-5-3-4-12(6-13)17(18,19)20)15(25)23-16-22-14(9-27-16)11-7-21-24(2)8-11/h3-10H,1-2H3,(H,22,23,25)/t10-/m0/s1. The number of hydrogen-bond donors (Lipinski definition) is 1. The van der Waals surface area contributed by atoms with Gasteiger partial charge in [-0.1, -0.05) is 6.07 Å². The quantitative estimate of drug-likeness (QED) is 0.709. The fraction of sp³-hybridized carbons (Fsp3) is 0.235. The predicted molar refractivity (Wildman–Crippen MR) is 94.5 cm³/mol. The minimum atomic E-state index is -4.48. The van der Waals surface area contributed by atoms with Crippen molar-refractivity contribution in [1.82, 2.24) is 14.8 Å². The average molecular weight is 396 g/mol. The highest BCUT2D eigenvalue weighted by Gasteiger charge is 2.31. The van der Waals surface area contributed by atoms with E-state index >= 15 is 0 Å². The summed E-state index contributed by atoms with van der Waals surface area (Å²) < 4.78 is 45.2. The van der Waals surface area contributed by atoms with Crippen LogP contribution >= 0.6 is 11.3 Å². The fourth-order valence-electron chi connectivity index (χ4n) is 2.23. The molecule has 0 aliphatic rings. The zero-order chi connectivity index (χ0) is 19.6. The molecule has 0 spiro atoms. The highest BCUT2D eigenvalue weighted by atomic mass is 32.1. The summed E-state index contributed by atoms with van der Waals surface area (Å²) in [6, 6.07) is 4.38. The second kappa shape index (κ2) is 7.39. The van der Waals surface area contributed by atoms with Crippen molar-refractivity contribution < 1.29 is 22.7 Å². The molecule has 1 aromatic carbocycles. The van der Waals surface area contributed by atoms with Crippen LogP contribution in [0.15, 0.2) is 42.0 Å². The molecule has 2 heterocycles. The summed E-state index contributed by atoms with van der Waals surface area (Å²) >= 11 is 1.23. The smallest absolute Gasteiger partial charge is 0.416 e. The third-order valence-corrected chi connectivity index (χ3v) is 4.34. The number of aromatic nitrogens is 3. The van der Waals surface area contributed by atoms with Gasteiger partial charge in [0.15, 0.2) is 11.2 Å². The minimum absolute atomic E-state index is 0.0392. The van der Waals surface area contributed by atoms with Gasteiger partial charge in [-0.25, -0.2) is 4.98 Å². The number of anilines is 1. The van der Waals surface area contributed by atoms with E-state index in [0.29, 0.717) is 10.8 Å². The Bertz CT molecular complexity index is 952. The molecule has 0 radical (unpaired) electrons. The molecule has 27 heavy (non-hydrogen) atoms. The summed E-state index contributed by atoms with van der Waals surface area (Å²) in [7, 11) is 1.78. The molecule has 3 aromatic rings. The zero-order valence-corrected chi connectivity index (χ0v) is 15.1. The van der Waals surface area contributed by atoms with E-state index in [1.165, 1.54) is 30.4 Å². The van der Waals surface area contributed by atoms with Gasteiger partial charge in [0.25, 0.3) is 5.91 Å². The summed E-state index contributed by atoms with van der Waals surface area (Å²) in [6.45, 7) is 1.45. The van der Waals surface area contributed by atoms with Crippen LogP contribution in [0.5, 0.6) is 5.75 Å². The highest BCUT2D eigenvalue weighted by Crippen LogP contribution is 2.31. The van der Waals surface area contributed by atoms with E-state index in [1.807, 2.05) is 0 Å². The number of nitrogens with one attached hydrogen (secondary N) is 1. The highest BCUT2D eigenvalue weighted by molar-refractivity contribution is 7.14. The van der Waals surface area contributed by atoms with Gasteiger partial charge in [-0.2, -0.15) is 18.3 Å². The molecule has 0 saturated heterocycles. The number of aryl methyl sites for hydroxylation is 1. The minimum Gasteiger partial charge on any atom is -0.481 e. The van der Waals surface area contributed by atoms with E-state index in [1.54, 1.807) is 29.5 Å².